The number of carbonyl (C=O) groups excluding carboxylic acids is 3. The number of alkyl carbamates (subject to hydrolysis) is 1. The molecule has 0 aliphatic rings. The van der Waals surface area contributed by atoms with Crippen LogP contribution in [-0.2, 0) is 30.3 Å². The summed E-state index contributed by atoms with van der Waals surface area (Å²) in [5.41, 5.74) is 5.66. The van der Waals surface area contributed by atoms with Gasteiger partial charge in [0, 0.05) is 18.9 Å². The molecule has 2 atom stereocenters. The van der Waals surface area contributed by atoms with Crippen molar-refractivity contribution in [3.8, 4) is 0 Å². The number of anilines is 1. The quantitative estimate of drug-likeness (QED) is 0.178. The molecule has 2 aromatic heterocycles. The lowest BCUT2D eigenvalue weighted by Crippen LogP contribution is -2.45. The summed E-state index contributed by atoms with van der Waals surface area (Å²) in [5.74, 6) is -1.45. The summed E-state index contributed by atoms with van der Waals surface area (Å²) in [6.45, 7) is 8.10. The molecule has 37 heavy (non-hydrogen) atoms. The lowest BCUT2D eigenvalue weighted by atomic mass is 10.0. The molecule has 0 unspecified atom stereocenters. The number of ether oxygens (including phenoxy) is 3. The number of aromatic amines is 1. The summed E-state index contributed by atoms with van der Waals surface area (Å²) >= 11 is 0. The van der Waals surface area contributed by atoms with E-state index in [0.717, 1.165) is 12.8 Å². The standard InChI is InChI=1S/C24H38N6O7/c1-5-7-10-36-24(34)27-18(15(3)4)22(33)35-11-9-16(13-37-17(31)8-6-2)12-30-14-26-19-20(30)28-23(25)29-21(19)32/h14-16,18H,5-13H2,1-4H3,(H,27,34)(H3,25,28,29,32)/t16-,18+/m1/s1. The number of carbonyl (C=O) groups is 3. The summed E-state index contributed by atoms with van der Waals surface area (Å²) in [6.07, 6.45) is 3.70. The third-order valence-electron chi connectivity index (χ3n) is 5.58. The average Bonchev–Trinajstić information content (AvgIpc) is 3.23. The van der Waals surface area contributed by atoms with Gasteiger partial charge in [-0.1, -0.05) is 34.1 Å². The van der Waals surface area contributed by atoms with Gasteiger partial charge >= 0.3 is 18.0 Å². The molecule has 2 heterocycles. The van der Waals surface area contributed by atoms with Crippen molar-refractivity contribution in [1.82, 2.24) is 24.8 Å². The zero-order chi connectivity index (χ0) is 27.4. The van der Waals surface area contributed by atoms with Crippen LogP contribution in [0.3, 0.4) is 0 Å². The highest BCUT2D eigenvalue weighted by Crippen LogP contribution is 2.15. The van der Waals surface area contributed by atoms with Crippen molar-refractivity contribution in [2.24, 2.45) is 11.8 Å². The highest BCUT2D eigenvalue weighted by Gasteiger charge is 2.27. The van der Waals surface area contributed by atoms with E-state index in [1.165, 1.54) is 6.33 Å². The first kappa shape index (κ1) is 29.6. The first-order valence-electron chi connectivity index (χ1n) is 12.6. The van der Waals surface area contributed by atoms with Crippen LogP contribution in [-0.4, -0.2) is 63.4 Å². The van der Waals surface area contributed by atoms with Gasteiger partial charge in [0.25, 0.3) is 5.56 Å². The van der Waals surface area contributed by atoms with E-state index in [1.54, 1.807) is 18.4 Å². The van der Waals surface area contributed by atoms with Gasteiger partial charge in [-0.25, -0.2) is 14.6 Å². The van der Waals surface area contributed by atoms with E-state index in [4.69, 9.17) is 19.9 Å². The summed E-state index contributed by atoms with van der Waals surface area (Å²) in [6, 6.07) is -0.869. The molecule has 0 aromatic carbocycles. The number of amides is 1. The van der Waals surface area contributed by atoms with E-state index in [0.29, 0.717) is 31.5 Å². The SMILES string of the molecule is CCCCOC(=O)N[C@H](C(=O)OCC[C@@H](COC(=O)CCC)Cn1cnc2c(=O)[nH]c(N)nc21)C(C)C. The zero-order valence-electron chi connectivity index (χ0n) is 22.0. The smallest absolute Gasteiger partial charge is 0.407 e. The second-order valence-corrected chi connectivity index (χ2v) is 9.13. The number of nitrogens with one attached hydrogen (secondary N) is 2. The van der Waals surface area contributed by atoms with Gasteiger partial charge < -0.3 is 29.8 Å². The summed E-state index contributed by atoms with van der Waals surface area (Å²) in [5, 5.41) is 2.56. The van der Waals surface area contributed by atoms with Gasteiger partial charge in [0.1, 0.15) is 6.04 Å². The lowest BCUT2D eigenvalue weighted by molar-refractivity contribution is -0.149. The molecule has 0 aliphatic carbocycles. The van der Waals surface area contributed by atoms with Gasteiger partial charge in [-0.2, -0.15) is 4.98 Å². The zero-order valence-corrected chi connectivity index (χ0v) is 22.0. The Morgan fingerprint density at radius 3 is 2.57 bits per heavy atom. The van der Waals surface area contributed by atoms with Crippen molar-refractivity contribution < 1.29 is 28.6 Å². The van der Waals surface area contributed by atoms with Crippen molar-refractivity contribution in [3.63, 3.8) is 0 Å². The molecule has 0 aliphatic heterocycles. The second kappa shape index (κ2) is 14.8. The minimum absolute atomic E-state index is 0.0212. The Bertz CT molecular complexity index is 1100. The fourth-order valence-corrected chi connectivity index (χ4v) is 3.49. The van der Waals surface area contributed by atoms with E-state index < -0.39 is 23.7 Å². The molecule has 0 saturated heterocycles. The van der Waals surface area contributed by atoms with Crippen LogP contribution in [0.2, 0.25) is 0 Å². The van der Waals surface area contributed by atoms with Crippen molar-refractivity contribution in [3.05, 3.63) is 16.7 Å². The fourth-order valence-electron chi connectivity index (χ4n) is 3.49. The summed E-state index contributed by atoms with van der Waals surface area (Å²) in [7, 11) is 0. The Morgan fingerprint density at radius 2 is 1.89 bits per heavy atom. The predicted octanol–water partition coefficient (Wildman–Crippen LogP) is 2.15. The third kappa shape index (κ3) is 9.39. The Balaban J connectivity index is 2.04. The molecule has 0 spiro atoms. The number of esters is 2. The summed E-state index contributed by atoms with van der Waals surface area (Å²) < 4.78 is 17.6. The number of nitrogens with zero attached hydrogens (tertiary/aromatic N) is 3. The molecule has 2 rings (SSSR count). The van der Waals surface area contributed by atoms with Crippen LogP contribution in [0.5, 0.6) is 0 Å². The van der Waals surface area contributed by atoms with Gasteiger partial charge in [0.2, 0.25) is 5.95 Å². The van der Waals surface area contributed by atoms with E-state index in [1.807, 2.05) is 13.8 Å². The Morgan fingerprint density at radius 1 is 1.14 bits per heavy atom. The highest BCUT2D eigenvalue weighted by atomic mass is 16.6. The Hall–Kier alpha value is -3.64. The van der Waals surface area contributed by atoms with Crippen molar-refractivity contribution >= 4 is 35.1 Å². The number of rotatable bonds is 15. The van der Waals surface area contributed by atoms with Crippen LogP contribution in [0.15, 0.2) is 11.1 Å². The van der Waals surface area contributed by atoms with Crippen LogP contribution in [0.25, 0.3) is 11.2 Å². The van der Waals surface area contributed by atoms with E-state index in [9.17, 15) is 19.2 Å². The number of fused-ring (bicyclic) bond motifs is 1. The topological polar surface area (TPSA) is 181 Å². The Labute approximate surface area is 215 Å². The lowest BCUT2D eigenvalue weighted by Gasteiger charge is -2.22. The maximum atomic E-state index is 12.7. The molecule has 0 fully saturated rings. The molecule has 13 heteroatoms. The molecule has 206 valence electrons. The molecule has 13 nitrogen and oxygen atoms in total. The Kier molecular flexibility index (Phi) is 11.8. The average molecular weight is 523 g/mol. The first-order valence-corrected chi connectivity index (χ1v) is 12.6. The molecule has 2 aromatic rings. The molecular formula is C24H38N6O7. The van der Waals surface area contributed by atoms with Crippen molar-refractivity contribution in [2.75, 3.05) is 25.6 Å². The predicted molar refractivity (Wildman–Crippen MR) is 136 cm³/mol. The van der Waals surface area contributed by atoms with E-state index >= 15 is 0 Å². The highest BCUT2D eigenvalue weighted by molar-refractivity contribution is 5.81. The van der Waals surface area contributed by atoms with Gasteiger partial charge in [-0.3, -0.25) is 14.6 Å². The minimum atomic E-state index is -0.869. The molecule has 4 N–H and O–H groups in total. The van der Waals surface area contributed by atoms with Gasteiger partial charge in [0.15, 0.2) is 11.2 Å². The summed E-state index contributed by atoms with van der Waals surface area (Å²) in [4.78, 5) is 59.4. The number of nitrogen functional groups attached to an aromatic ring is 1. The van der Waals surface area contributed by atoms with Crippen LogP contribution >= 0.6 is 0 Å². The monoisotopic (exact) mass is 522 g/mol. The van der Waals surface area contributed by atoms with E-state index in [2.05, 4.69) is 20.3 Å². The largest absolute Gasteiger partial charge is 0.465 e. The minimum Gasteiger partial charge on any atom is -0.465 e. The maximum absolute atomic E-state index is 12.7. The number of nitrogens with two attached hydrogens (primary N) is 1. The second-order valence-electron chi connectivity index (χ2n) is 9.13. The normalized spacial score (nSPS) is 12.8. The van der Waals surface area contributed by atoms with Crippen LogP contribution in [0, 0.1) is 11.8 Å². The molecule has 1 amide bonds. The number of imidazole rings is 1. The van der Waals surface area contributed by atoms with Crippen LogP contribution < -0.4 is 16.6 Å². The van der Waals surface area contributed by atoms with Crippen molar-refractivity contribution in [2.45, 2.75) is 72.4 Å². The number of unbranched alkanes of at least 4 members (excludes halogenated alkanes) is 1. The van der Waals surface area contributed by atoms with Gasteiger partial charge in [-0.15, -0.1) is 0 Å². The third-order valence-corrected chi connectivity index (χ3v) is 5.58. The molecule has 0 radical (unpaired) electrons. The number of hydrogen-bond donors (Lipinski definition) is 3. The van der Waals surface area contributed by atoms with Crippen LogP contribution in [0.4, 0.5) is 10.7 Å². The molecule has 0 bridgehead atoms. The first-order chi connectivity index (χ1) is 17.7. The van der Waals surface area contributed by atoms with Gasteiger partial charge in [0.05, 0.1) is 26.1 Å². The fraction of sp³-hybridized carbons (Fsp3) is 0.667. The maximum Gasteiger partial charge on any atom is 0.407 e. The molecular weight excluding hydrogens is 484 g/mol. The number of hydrogen-bond acceptors (Lipinski definition) is 10. The van der Waals surface area contributed by atoms with Gasteiger partial charge in [-0.05, 0) is 25.2 Å². The van der Waals surface area contributed by atoms with Crippen molar-refractivity contribution in [1.29, 1.82) is 0 Å². The number of H-pyrrole nitrogens is 1. The number of aromatic nitrogens is 4. The molecule has 0 saturated carbocycles. The van der Waals surface area contributed by atoms with E-state index in [-0.39, 0.29) is 49.1 Å². The van der Waals surface area contributed by atoms with Crippen LogP contribution in [0.1, 0.15) is 59.8 Å².